The summed E-state index contributed by atoms with van der Waals surface area (Å²) in [7, 11) is -3.43. The average molecular weight is 393 g/mol. The van der Waals surface area contributed by atoms with E-state index < -0.39 is 10.0 Å². The Morgan fingerprint density at radius 1 is 0.963 bits per heavy atom. The molecule has 0 spiro atoms. The summed E-state index contributed by atoms with van der Waals surface area (Å²) in [4.78, 5) is 17.5. The summed E-state index contributed by atoms with van der Waals surface area (Å²) < 4.78 is 26.7. The minimum Gasteiger partial charge on any atom is -0.337 e. The fraction of sp³-hybridized carbons (Fsp3) is 0.632. The van der Waals surface area contributed by atoms with Gasteiger partial charge in [0.05, 0.1) is 4.90 Å². The molecule has 0 aromatic heterocycles. The molecule has 1 N–H and O–H groups in total. The van der Waals surface area contributed by atoms with E-state index in [4.69, 9.17) is 0 Å². The SMILES string of the molecule is O=C(c1ccc(S(=O)(=O)N2CCCC2)cc1)N1CCC(N2CCNCC2)C1. The molecule has 1 atom stereocenters. The monoisotopic (exact) mass is 392 g/mol. The summed E-state index contributed by atoms with van der Waals surface area (Å²) in [5.41, 5.74) is 0.566. The molecule has 0 radical (unpaired) electrons. The van der Waals surface area contributed by atoms with Crippen LogP contribution < -0.4 is 5.32 Å². The lowest BCUT2D eigenvalue weighted by molar-refractivity contribution is 0.0773. The molecule has 4 rings (SSSR count). The number of nitrogens with one attached hydrogen (secondary N) is 1. The van der Waals surface area contributed by atoms with Crippen LogP contribution in [0.25, 0.3) is 0 Å². The number of likely N-dealkylation sites (tertiary alicyclic amines) is 1. The van der Waals surface area contributed by atoms with E-state index in [0.29, 0.717) is 24.7 Å². The number of carbonyl (C=O) groups is 1. The largest absolute Gasteiger partial charge is 0.337 e. The number of hydrogen-bond acceptors (Lipinski definition) is 5. The van der Waals surface area contributed by atoms with Crippen LogP contribution in [0, 0.1) is 0 Å². The van der Waals surface area contributed by atoms with Crippen molar-refractivity contribution >= 4 is 15.9 Å². The van der Waals surface area contributed by atoms with E-state index in [0.717, 1.165) is 58.5 Å². The van der Waals surface area contributed by atoms with Gasteiger partial charge < -0.3 is 10.2 Å². The zero-order valence-corrected chi connectivity index (χ0v) is 16.5. The van der Waals surface area contributed by atoms with Gasteiger partial charge in [-0.2, -0.15) is 4.31 Å². The zero-order chi connectivity index (χ0) is 18.9. The molecule has 3 heterocycles. The van der Waals surface area contributed by atoms with Crippen LogP contribution in [0.4, 0.5) is 0 Å². The van der Waals surface area contributed by atoms with E-state index in [1.165, 1.54) is 4.31 Å². The number of rotatable bonds is 4. The smallest absolute Gasteiger partial charge is 0.253 e. The van der Waals surface area contributed by atoms with Gasteiger partial charge >= 0.3 is 0 Å². The van der Waals surface area contributed by atoms with Crippen LogP contribution in [-0.2, 0) is 10.0 Å². The van der Waals surface area contributed by atoms with Crippen molar-refractivity contribution in [3.63, 3.8) is 0 Å². The van der Waals surface area contributed by atoms with E-state index >= 15 is 0 Å². The number of carbonyl (C=O) groups excluding carboxylic acids is 1. The van der Waals surface area contributed by atoms with Crippen molar-refractivity contribution in [1.82, 2.24) is 19.4 Å². The van der Waals surface area contributed by atoms with Gasteiger partial charge in [0, 0.05) is 64.0 Å². The Hall–Kier alpha value is -1.48. The molecule has 1 unspecified atom stereocenters. The Kier molecular flexibility index (Phi) is 5.50. The Balaban J connectivity index is 1.41. The molecular weight excluding hydrogens is 364 g/mol. The number of hydrogen-bond donors (Lipinski definition) is 1. The molecular formula is C19H28N4O3S. The third kappa shape index (κ3) is 3.89. The molecule has 3 aliphatic heterocycles. The van der Waals surface area contributed by atoms with Gasteiger partial charge in [-0.3, -0.25) is 9.69 Å². The first-order chi connectivity index (χ1) is 13.1. The Morgan fingerprint density at radius 2 is 1.63 bits per heavy atom. The van der Waals surface area contributed by atoms with Gasteiger partial charge in [0.2, 0.25) is 10.0 Å². The van der Waals surface area contributed by atoms with E-state index in [2.05, 4.69) is 10.2 Å². The maximum absolute atomic E-state index is 12.8. The van der Waals surface area contributed by atoms with Crippen molar-refractivity contribution in [2.24, 2.45) is 0 Å². The van der Waals surface area contributed by atoms with Crippen molar-refractivity contribution in [2.75, 3.05) is 52.4 Å². The first-order valence-corrected chi connectivity index (χ1v) is 11.3. The van der Waals surface area contributed by atoms with Gasteiger partial charge in [-0.15, -0.1) is 0 Å². The summed E-state index contributed by atoms with van der Waals surface area (Å²) in [6.07, 6.45) is 2.84. The predicted molar refractivity (Wildman–Crippen MR) is 103 cm³/mol. The molecule has 3 saturated heterocycles. The number of sulfonamides is 1. The standard InChI is InChI=1S/C19H28N4O3S/c24-19(22-12-7-17(15-22)21-13-8-20-9-14-21)16-3-5-18(6-4-16)27(25,26)23-10-1-2-11-23/h3-6,17,20H,1-2,7-15H2. The maximum atomic E-state index is 12.8. The highest BCUT2D eigenvalue weighted by atomic mass is 32.2. The van der Waals surface area contributed by atoms with Crippen LogP contribution in [0.1, 0.15) is 29.6 Å². The van der Waals surface area contributed by atoms with Gasteiger partial charge in [0.15, 0.2) is 0 Å². The Morgan fingerprint density at radius 3 is 2.30 bits per heavy atom. The highest BCUT2D eigenvalue weighted by Gasteiger charge is 2.32. The number of benzene rings is 1. The molecule has 3 aliphatic rings. The molecule has 8 heteroatoms. The first-order valence-electron chi connectivity index (χ1n) is 9.90. The maximum Gasteiger partial charge on any atom is 0.253 e. The van der Waals surface area contributed by atoms with Crippen LogP contribution in [0.3, 0.4) is 0 Å². The van der Waals surface area contributed by atoms with Crippen molar-refractivity contribution < 1.29 is 13.2 Å². The third-order valence-corrected chi connectivity index (χ3v) is 7.84. The fourth-order valence-electron chi connectivity index (χ4n) is 4.30. The zero-order valence-electron chi connectivity index (χ0n) is 15.6. The predicted octanol–water partition coefficient (Wildman–Crippen LogP) is 0.591. The van der Waals surface area contributed by atoms with Gasteiger partial charge in [-0.25, -0.2) is 8.42 Å². The summed E-state index contributed by atoms with van der Waals surface area (Å²) in [6.45, 7) is 6.79. The topological polar surface area (TPSA) is 73.0 Å². The van der Waals surface area contributed by atoms with Gasteiger partial charge in [0.1, 0.15) is 0 Å². The minimum atomic E-state index is -3.43. The highest BCUT2D eigenvalue weighted by molar-refractivity contribution is 7.89. The molecule has 3 fully saturated rings. The van der Waals surface area contributed by atoms with Crippen molar-refractivity contribution in [1.29, 1.82) is 0 Å². The van der Waals surface area contributed by atoms with E-state index in [1.807, 2.05) is 4.90 Å². The number of piperazine rings is 1. The number of amides is 1. The van der Waals surface area contributed by atoms with Crippen molar-refractivity contribution in [3.8, 4) is 0 Å². The first kappa shape index (κ1) is 18.9. The van der Waals surface area contributed by atoms with Crippen LogP contribution in [0.2, 0.25) is 0 Å². The molecule has 27 heavy (non-hydrogen) atoms. The lowest BCUT2D eigenvalue weighted by Crippen LogP contribution is -2.49. The fourth-order valence-corrected chi connectivity index (χ4v) is 5.82. The Labute approximate surface area is 161 Å². The summed E-state index contributed by atoms with van der Waals surface area (Å²) >= 11 is 0. The van der Waals surface area contributed by atoms with E-state index in [1.54, 1.807) is 24.3 Å². The molecule has 1 amide bonds. The van der Waals surface area contributed by atoms with Crippen LogP contribution in [0.15, 0.2) is 29.2 Å². The second-order valence-corrected chi connectivity index (χ2v) is 9.55. The minimum absolute atomic E-state index is 0.00208. The third-order valence-electron chi connectivity index (χ3n) is 5.92. The van der Waals surface area contributed by atoms with Gasteiger partial charge in [-0.05, 0) is 43.5 Å². The summed E-state index contributed by atoms with van der Waals surface area (Å²) in [5, 5.41) is 3.36. The molecule has 1 aromatic rings. The average Bonchev–Trinajstić information content (AvgIpc) is 3.41. The van der Waals surface area contributed by atoms with Crippen molar-refractivity contribution in [3.05, 3.63) is 29.8 Å². The Bertz CT molecular complexity index is 769. The molecule has 1 aromatic carbocycles. The lowest BCUT2D eigenvalue weighted by atomic mass is 10.2. The molecule has 0 aliphatic carbocycles. The van der Waals surface area contributed by atoms with Crippen molar-refractivity contribution in [2.45, 2.75) is 30.2 Å². The molecule has 148 valence electrons. The number of nitrogens with zero attached hydrogens (tertiary/aromatic N) is 3. The van der Waals surface area contributed by atoms with Crippen LogP contribution in [0.5, 0.6) is 0 Å². The molecule has 0 bridgehead atoms. The molecule has 7 nitrogen and oxygen atoms in total. The van der Waals surface area contributed by atoms with E-state index in [9.17, 15) is 13.2 Å². The lowest BCUT2D eigenvalue weighted by Gasteiger charge is -2.32. The second-order valence-electron chi connectivity index (χ2n) is 7.62. The van der Waals surface area contributed by atoms with Gasteiger partial charge in [-0.1, -0.05) is 0 Å². The normalized spacial score (nSPS) is 25.2. The van der Waals surface area contributed by atoms with Gasteiger partial charge in [0.25, 0.3) is 5.91 Å². The summed E-state index contributed by atoms with van der Waals surface area (Å²) in [5.74, 6) is -0.00208. The molecule has 0 saturated carbocycles. The van der Waals surface area contributed by atoms with Crippen LogP contribution >= 0.6 is 0 Å². The second kappa shape index (κ2) is 7.87. The van der Waals surface area contributed by atoms with E-state index in [-0.39, 0.29) is 10.8 Å². The summed E-state index contributed by atoms with van der Waals surface area (Å²) in [6, 6.07) is 6.90. The van der Waals surface area contributed by atoms with Crippen LogP contribution in [-0.4, -0.2) is 86.8 Å². The highest BCUT2D eigenvalue weighted by Crippen LogP contribution is 2.23. The quantitative estimate of drug-likeness (QED) is 0.812.